The van der Waals surface area contributed by atoms with E-state index in [2.05, 4.69) is 20.0 Å². The third kappa shape index (κ3) is 6.67. The number of carbonyl (C=O) groups is 1. The van der Waals surface area contributed by atoms with Crippen LogP contribution in [0.5, 0.6) is 6.01 Å². The minimum Gasteiger partial charge on any atom is -0.467 e. The standard InChI is InChI=1S/C24H25Cl3FN7O3.C8H12FN/c1-33(2)23(36)21-19(27)15-9-34(5-4-6-35(15)32-21)22-11-10-38-16(8-14(11)30-24(31-22)37-3)17-18(26)12(25)7-13(29)20(17)28;9-5-7-4-8-2-1-3-10(8)6-7/h7,16H,4-6,8-10,29H2,1-3H3;5,8H,1-4,6H2/b;7-5-. The maximum absolute atomic E-state index is 15.0. The minimum absolute atomic E-state index is 0.0477. The van der Waals surface area contributed by atoms with Crippen LogP contribution >= 0.6 is 34.8 Å². The highest BCUT2D eigenvalue weighted by Crippen LogP contribution is 2.42. The van der Waals surface area contributed by atoms with Gasteiger partial charge in [-0.15, -0.1) is 0 Å². The summed E-state index contributed by atoms with van der Waals surface area (Å²) in [5, 5.41) is 4.97. The van der Waals surface area contributed by atoms with Gasteiger partial charge in [0.2, 0.25) is 0 Å². The first-order valence-electron chi connectivity index (χ1n) is 15.7. The first-order valence-corrected chi connectivity index (χ1v) is 16.9. The zero-order valence-corrected chi connectivity index (χ0v) is 29.2. The molecule has 6 heterocycles. The highest BCUT2D eigenvalue weighted by atomic mass is 35.5. The van der Waals surface area contributed by atoms with E-state index in [-0.39, 0.29) is 51.9 Å². The summed E-state index contributed by atoms with van der Waals surface area (Å²) < 4.78 is 40.2. The van der Waals surface area contributed by atoms with E-state index < -0.39 is 11.9 Å². The summed E-state index contributed by atoms with van der Waals surface area (Å²) in [6, 6.07) is 2.11. The highest BCUT2D eigenvalue weighted by Gasteiger charge is 2.34. The molecule has 7 rings (SSSR count). The second kappa shape index (κ2) is 14.3. The average molecular weight is 726 g/mol. The van der Waals surface area contributed by atoms with Crippen molar-refractivity contribution in [2.75, 3.05) is 51.5 Å². The molecule has 0 spiro atoms. The average Bonchev–Trinajstić information content (AvgIpc) is 3.72. The van der Waals surface area contributed by atoms with E-state index in [1.807, 2.05) is 4.90 Å². The van der Waals surface area contributed by atoms with Gasteiger partial charge in [-0.05, 0) is 43.9 Å². The number of benzene rings is 1. The van der Waals surface area contributed by atoms with Crippen LogP contribution in [0.25, 0.3) is 0 Å². The second-order valence-electron chi connectivity index (χ2n) is 12.5. The molecule has 2 fully saturated rings. The van der Waals surface area contributed by atoms with Crippen LogP contribution in [0.4, 0.5) is 20.3 Å². The van der Waals surface area contributed by atoms with E-state index in [1.54, 1.807) is 18.8 Å². The molecule has 0 radical (unpaired) electrons. The van der Waals surface area contributed by atoms with Crippen molar-refractivity contribution < 1.29 is 23.0 Å². The molecule has 0 saturated carbocycles. The Morgan fingerprint density at radius 2 is 1.92 bits per heavy atom. The van der Waals surface area contributed by atoms with Gasteiger partial charge < -0.3 is 25.0 Å². The normalized spacial score (nSPS) is 21.2. The number of aromatic nitrogens is 4. The van der Waals surface area contributed by atoms with Crippen LogP contribution in [0.15, 0.2) is 18.0 Å². The predicted octanol–water partition coefficient (Wildman–Crippen LogP) is 6.00. The molecule has 0 bridgehead atoms. The van der Waals surface area contributed by atoms with Crippen molar-refractivity contribution in [1.82, 2.24) is 29.5 Å². The lowest BCUT2D eigenvalue weighted by atomic mass is 9.98. The van der Waals surface area contributed by atoms with Crippen molar-refractivity contribution in [3.05, 3.63) is 67.1 Å². The zero-order chi connectivity index (χ0) is 34.3. The van der Waals surface area contributed by atoms with Gasteiger partial charge in [0.1, 0.15) is 5.82 Å². The third-order valence-corrected chi connectivity index (χ3v) is 10.4. The number of rotatable bonds is 4. The maximum atomic E-state index is 15.0. The number of nitrogens with zero attached hydrogens (tertiary/aromatic N) is 7. The molecule has 3 aromatic rings. The van der Waals surface area contributed by atoms with Gasteiger partial charge in [0.05, 0.1) is 64.8 Å². The van der Waals surface area contributed by atoms with E-state index >= 15 is 0 Å². The van der Waals surface area contributed by atoms with Crippen molar-refractivity contribution >= 4 is 52.2 Å². The number of halogens is 5. The van der Waals surface area contributed by atoms with Crippen molar-refractivity contribution in [2.45, 2.75) is 63.9 Å². The Labute approximate surface area is 292 Å². The molecule has 1 amide bonds. The van der Waals surface area contributed by atoms with E-state index in [9.17, 15) is 13.6 Å². The van der Waals surface area contributed by atoms with Crippen molar-refractivity contribution in [1.29, 1.82) is 0 Å². The molecule has 2 aromatic heterocycles. The molecule has 48 heavy (non-hydrogen) atoms. The molecular weight excluding hydrogens is 689 g/mol. The van der Waals surface area contributed by atoms with Gasteiger partial charge in [-0.3, -0.25) is 14.4 Å². The molecule has 2 N–H and O–H groups in total. The quantitative estimate of drug-likeness (QED) is 0.256. The molecule has 4 aliphatic heterocycles. The van der Waals surface area contributed by atoms with Crippen LogP contribution < -0.4 is 15.4 Å². The fraction of sp³-hybridized carbons (Fsp3) is 0.500. The fourth-order valence-electron chi connectivity index (χ4n) is 6.75. The van der Waals surface area contributed by atoms with Gasteiger partial charge in [-0.2, -0.15) is 15.1 Å². The van der Waals surface area contributed by atoms with Crippen molar-refractivity contribution in [3.8, 4) is 6.01 Å². The Balaban J connectivity index is 0.000000340. The van der Waals surface area contributed by atoms with Gasteiger partial charge in [0.15, 0.2) is 11.5 Å². The van der Waals surface area contributed by atoms with E-state index in [4.69, 9.17) is 50.0 Å². The van der Waals surface area contributed by atoms with E-state index in [1.165, 1.54) is 37.5 Å². The van der Waals surface area contributed by atoms with Gasteiger partial charge >= 0.3 is 6.01 Å². The van der Waals surface area contributed by atoms with Crippen LogP contribution in [0.1, 0.15) is 64.8 Å². The number of amides is 1. The van der Waals surface area contributed by atoms with Crippen LogP contribution in [-0.4, -0.2) is 82.3 Å². The maximum Gasteiger partial charge on any atom is 0.318 e. The SMILES string of the molecule is COc1nc2c(c(N3CCCn4nc(C(=O)N(C)C)c(Cl)c4C3)n1)COC(c1c(F)c(N)cc(Cl)c1Cl)C2.F/C=C1/CC2CCCN2C1. The summed E-state index contributed by atoms with van der Waals surface area (Å²) >= 11 is 19.2. The van der Waals surface area contributed by atoms with E-state index in [0.29, 0.717) is 47.9 Å². The minimum atomic E-state index is -0.761. The lowest BCUT2D eigenvalue weighted by molar-refractivity contribution is 0.0237. The van der Waals surface area contributed by atoms with Crippen LogP contribution in [0.3, 0.4) is 0 Å². The Hall–Kier alpha value is -3.23. The fourth-order valence-corrected chi connectivity index (χ4v) is 7.50. The second-order valence-corrected chi connectivity index (χ2v) is 13.7. The number of hydrogen-bond acceptors (Lipinski definition) is 9. The van der Waals surface area contributed by atoms with E-state index in [0.717, 1.165) is 36.9 Å². The lowest BCUT2D eigenvalue weighted by Gasteiger charge is -2.31. The summed E-state index contributed by atoms with van der Waals surface area (Å²) in [4.78, 5) is 27.6. The Morgan fingerprint density at radius 1 is 1.12 bits per heavy atom. The van der Waals surface area contributed by atoms with Gasteiger partial charge in [0.25, 0.3) is 5.91 Å². The number of anilines is 2. The van der Waals surface area contributed by atoms with Crippen molar-refractivity contribution in [3.63, 3.8) is 0 Å². The molecule has 258 valence electrons. The summed E-state index contributed by atoms with van der Waals surface area (Å²) in [7, 11) is 4.78. The molecule has 2 unspecified atom stereocenters. The molecule has 1 aromatic carbocycles. The van der Waals surface area contributed by atoms with Gasteiger partial charge in [0, 0.05) is 57.3 Å². The lowest BCUT2D eigenvalue weighted by Crippen LogP contribution is -2.29. The number of nitrogens with two attached hydrogens (primary N) is 1. The first kappa shape index (κ1) is 34.6. The third-order valence-electron chi connectivity index (χ3n) is 9.18. The number of nitrogen functional groups attached to an aromatic ring is 1. The Kier molecular flexibility index (Phi) is 10.3. The van der Waals surface area contributed by atoms with Crippen LogP contribution in [-0.2, 0) is 30.9 Å². The largest absolute Gasteiger partial charge is 0.467 e. The number of aryl methyl sites for hydroxylation is 1. The predicted molar refractivity (Wildman–Crippen MR) is 180 cm³/mol. The summed E-state index contributed by atoms with van der Waals surface area (Å²) in [5.41, 5.74) is 9.04. The first-order chi connectivity index (χ1) is 23.0. The number of carbonyl (C=O) groups excluding carboxylic acids is 1. The van der Waals surface area contributed by atoms with Gasteiger partial charge in [-0.1, -0.05) is 34.8 Å². The summed E-state index contributed by atoms with van der Waals surface area (Å²) in [6.07, 6.45) is 4.53. The smallest absolute Gasteiger partial charge is 0.318 e. The van der Waals surface area contributed by atoms with Gasteiger partial charge in [-0.25, -0.2) is 8.78 Å². The zero-order valence-electron chi connectivity index (χ0n) is 26.9. The topological polar surface area (TPSA) is 115 Å². The molecule has 0 aliphatic carbocycles. The molecule has 11 nitrogen and oxygen atoms in total. The number of ether oxygens (including phenoxy) is 2. The molecule has 16 heteroatoms. The molecular formula is C32H37Cl3F2N8O3. The Bertz CT molecular complexity index is 1710. The van der Waals surface area contributed by atoms with Crippen molar-refractivity contribution in [2.24, 2.45) is 0 Å². The van der Waals surface area contributed by atoms with Crippen LogP contribution in [0, 0.1) is 5.82 Å². The number of methoxy groups -OCH3 is 1. The number of fused-ring (bicyclic) bond motifs is 3. The number of hydrogen-bond donors (Lipinski definition) is 1. The Morgan fingerprint density at radius 3 is 2.62 bits per heavy atom. The molecule has 2 atom stereocenters. The molecule has 4 aliphatic rings. The van der Waals surface area contributed by atoms with Crippen LogP contribution in [0.2, 0.25) is 15.1 Å². The summed E-state index contributed by atoms with van der Waals surface area (Å²) in [5.74, 6) is -0.337. The highest BCUT2D eigenvalue weighted by molar-refractivity contribution is 6.42. The molecule has 2 saturated heterocycles. The monoisotopic (exact) mass is 724 g/mol. The summed E-state index contributed by atoms with van der Waals surface area (Å²) in [6.45, 7) is 3.74.